The highest BCUT2D eigenvalue weighted by Gasteiger charge is 2.23. The molecule has 13 rings (SSSR count). The summed E-state index contributed by atoms with van der Waals surface area (Å²) in [5.74, 6) is 0. The van der Waals surface area contributed by atoms with Gasteiger partial charge in [0.15, 0.2) is 0 Å². The summed E-state index contributed by atoms with van der Waals surface area (Å²) in [7, 11) is 0. The van der Waals surface area contributed by atoms with Gasteiger partial charge in [0.2, 0.25) is 0 Å². The van der Waals surface area contributed by atoms with E-state index in [4.69, 9.17) is 0 Å². The molecule has 0 aliphatic carbocycles. The highest BCUT2D eigenvalue weighted by Crippen LogP contribution is 2.45. The van der Waals surface area contributed by atoms with Crippen LogP contribution in [0, 0.1) is 0 Å². The number of hydrogen-bond acceptors (Lipinski definition) is 4. The zero-order valence-corrected chi connectivity index (χ0v) is 46.6. The molecular weight excluding hydrogens is 1020 g/mol. The van der Waals surface area contributed by atoms with Crippen molar-refractivity contribution in [1.82, 2.24) is 4.57 Å². The van der Waals surface area contributed by atoms with Crippen LogP contribution in [0.4, 0.5) is 56.9 Å². The van der Waals surface area contributed by atoms with Crippen molar-refractivity contribution in [2.75, 3.05) is 26.1 Å². The molecule has 1 aromatic heterocycles. The second-order valence-corrected chi connectivity index (χ2v) is 20.6. The van der Waals surface area contributed by atoms with Gasteiger partial charge in [-0.25, -0.2) is 0 Å². The molecule has 0 aliphatic rings. The third-order valence-corrected chi connectivity index (χ3v) is 15.3. The average molecular weight is 1080 g/mol. The van der Waals surface area contributed by atoms with Gasteiger partial charge in [-0.05, 0) is 174 Å². The van der Waals surface area contributed by atoms with Crippen LogP contribution in [-0.4, -0.2) is 11.1 Å². The second kappa shape index (κ2) is 24.3. The fourth-order valence-corrected chi connectivity index (χ4v) is 11.5. The maximum Gasteiger partial charge on any atom is 0.0541 e. The zero-order valence-electron chi connectivity index (χ0n) is 46.6. The van der Waals surface area contributed by atoms with Gasteiger partial charge in [0.05, 0.1) is 28.1 Å². The summed E-state index contributed by atoms with van der Waals surface area (Å²) in [4.78, 5) is 9.39. The first kappa shape index (κ1) is 52.2. The lowest BCUT2D eigenvalue weighted by Crippen LogP contribution is -2.19. The first-order chi connectivity index (χ1) is 41.6. The van der Waals surface area contributed by atoms with Gasteiger partial charge in [-0.2, -0.15) is 0 Å². The fraction of sp³-hybridized carbons (Fsp3) is 0.0127. The van der Waals surface area contributed by atoms with E-state index in [1.54, 1.807) is 0 Å². The monoisotopic (exact) mass is 1080 g/mol. The molecule has 0 saturated carbocycles. The van der Waals surface area contributed by atoms with Crippen LogP contribution in [0.1, 0.15) is 0 Å². The summed E-state index contributed by atoms with van der Waals surface area (Å²) >= 11 is 0. The standard InChI is InChI=1S/C79H61N5/c1-2-28-66(45-27-54-80(64-33-15-5-16-34-64)65-35-17-6-18-36-65)82(69-41-23-9-24-42-69)73-57-74(83(70-43-25-10-26-44-70)72-50-48-71(49-51-72)81(67-37-19-7-20-38-67)68-39-21-8-22-40-68)59-75(58-73)84-78-52-46-62(60-29-11-3-12-30-60)55-76(78)77-56-63(47-53-79(77)84)61-31-13-4-14-32-61/h2-53,55-59H,1,54H2/b45-27-,66-28+. The number of para-hydroxylation sites is 6. The Morgan fingerprint density at radius 1 is 0.321 bits per heavy atom. The van der Waals surface area contributed by atoms with Crippen LogP contribution >= 0.6 is 0 Å². The molecule has 0 fully saturated rings. The third-order valence-electron chi connectivity index (χ3n) is 15.3. The van der Waals surface area contributed by atoms with E-state index in [9.17, 15) is 0 Å². The van der Waals surface area contributed by atoms with Gasteiger partial charge in [-0.15, -0.1) is 0 Å². The van der Waals surface area contributed by atoms with Gasteiger partial charge in [0.1, 0.15) is 0 Å². The number of anilines is 10. The minimum absolute atomic E-state index is 0.622. The lowest BCUT2D eigenvalue weighted by Gasteiger charge is -2.31. The van der Waals surface area contributed by atoms with E-state index in [0.717, 1.165) is 90.4 Å². The molecule has 13 aromatic rings. The molecule has 12 aromatic carbocycles. The van der Waals surface area contributed by atoms with Crippen molar-refractivity contribution in [2.24, 2.45) is 0 Å². The van der Waals surface area contributed by atoms with Crippen molar-refractivity contribution in [1.29, 1.82) is 0 Å². The topological polar surface area (TPSA) is 17.9 Å². The van der Waals surface area contributed by atoms with Crippen molar-refractivity contribution < 1.29 is 0 Å². The van der Waals surface area contributed by atoms with Gasteiger partial charge in [0, 0.05) is 68.5 Å². The van der Waals surface area contributed by atoms with Crippen molar-refractivity contribution >= 4 is 78.7 Å². The van der Waals surface area contributed by atoms with Crippen LogP contribution in [0.15, 0.2) is 358 Å². The van der Waals surface area contributed by atoms with Gasteiger partial charge >= 0.3 is 0 Å². The number of allylic oxidation sites excluding steroid dienone is 3. The highest BCUT2D eigenvalue weighted by atomic mass is 15.2. The molecule has 0 saturated heterocycles. The quantitative estimate of drug-likeness (QED) is 0.0797. The lowest BCUT2D eigenvalue weighted by molar-refractivity contribution is 1.09. The van der Waals surface area contributed by atoms with Crippen LogP contribution in [0.3, 0.4) is 0 Å². The lowest BCUT2D eigenvalue weighted by atomic mass is 10.0. The van der Waals surface area contributed by atoms with Gasteiger partial charge < -0.3 is 24.2 Å². The Kier molecular flexibility index (Phi) is 15.1. The van der Waals surface area contributed by atoms with Crippen molar-refractivity contribution in [3.05, 3.63) is 358 Å². The first-order valence-electron chi connectivity index (χ1n) is 28.6. The van der Waals surface area contributed by atoms with Crippen LogP contribution in [-0.2, 0) is 0 Å². The number of hydrogen-bond donors (Lipinski definition) is 0. The Bertz CT molecular complexity index is 4200. The second-order valence-electron chi connectivity index (χ2n) is 20.6. The molecule has 0 atom stereocenters. The smallest absolute Gasteiger partial charge is 0.0541 e. The fourth-order valence-electron chi connectivity index (χ4n) is 11.5. The van der Waals surface area contributed by atoms with Crippen LogP contribution in [0.5, 0.6) is 0 Å². The largest absolute Gasteiger partial charge is 0.338 e. The SMILES string of the molecule is C=C/C=C(\C=C/CN(c1ccccc1)c1ccccc1)N(c1ccccc1)c1cc(N(c2ccccc2)c2ccc(N(c3ccccc3)c3ccccc3)cc2)cc(-n2c3ccc(-c4ccccc4)cc3c3cc(-c4ccccc4)ccc32)c1. The van der Waals surface area contributed by atoms with E-state index >= 15 is 0 Å². The van der Waals surface area contributed by atoms with Gasteiger partial charge in [-0.3, -0.25) is 0 Å². The summed E-state index contributed by atoms with van der Waals surface area (Å²) < 4.78 is 2.46. The normalized spacial score (nSPS) is 11.5. The maximum absolute atomic E-state index is 4.31. The summed E-state index contributed by atoms with van der Waals surface area (Å²) in [6, 6.07) is 115. The number of rotatable bonds is 18. The van der Waals surface area contributed by atoms with E-state index in [1.165, 1.54) is 21.9 Å². The van der Waals surface area contributed by atoms with E-state index in [2.05, 4.69) is 370 Å². The molecule has 5 heteroatoms. The molecule has 402 valence electrons. The van der Waals surface area contributed by atoms with E-state index in [1.807, 2.05) is 6.08 Å². The molecule has 0 bridgehead atoms. The molecule has 5 nitrogen and oxygen atoms in total. The summed E-state index contributed by atoms with van der Waals surface area (Å²) in [5, 5.41) is 2.34. The van der Waals surface area contributed by atoms with E-state index in [-0.39, 0.29) is 0 Å². The summed E-state index contributed by atoms with van der Waals surface area (Å²) in [6.07, 6.45) is 8.49. The Hall–Kier alpha value is -11.1. The molecular formula is C79H61N5. The molecule has 0 unspecified atom stereocenters. The Morgan fingerprint density at radius 2 is 0.679 bits per heavy atom. The molecule has 0 amide bonds. The minimum Gasteiger partial charge on any atom is -0.338 e. The number of fused-ring (bicyclic) bond motifs is 3. The van der Waals surface area contributed by atoms with Crippen molar-refractivity contribution in [3.63, 3.8) is 0 Å². The van der Waals surface area contributed by atoms with Gasteiger partial charge in [-0.1, -0.05) is 201 Å². The predicted octanol–water partition coefficient (Wildman–Crippen LogP) is 21.7. The summed E-state index contributed by atoms with van der Waals surface area (Å²) in [5.41, 5.74) is 19.2. The number of nitrogens with zero attached hydrogens (tertiary/aromatic N) is 5. The molecule has 0 N–H and O–H groups in total. The molecule has 0 aliphatic heterocycles. The Balaban J connectivity index is 1.04. The predicted molar refractivity (Wildman–Crippen MR) is 357 cm³/mol. The van der Waals surface area contributed by atoms with E-state index < -0.39 is 0 Å². The molecule has 0 radical (unpaired) electrons. The highest BCUT2D eigenvalue weighted by molar-refractivity contribution is 6.12. The maximum atomic E-state index is 4.31. The summed E-state index contributed by atoms with van der Waals surface area (Å²) in [6.45, 7) is 4.94. The molecule has 84 heavy (non-hydrogen) atoms. The van der Waals surface area contributed by atoms with Crippen molar-refractivity contribution in [3.8, 4) is 27.9 Å². The molecule has 0 spiro atoms. The minimum atomic E-state index is 0.622. The van der Waals surface area contributed by atoms with Crippen molar-refractivity contribution in [2.45, 2.75) is 0 Å². The van der Waals surface area contributed by atoms with E-state index in [0.29, 0.717) is 6.54 Å². The zero-order chi connectivity index (χ0) is 56.4. The molecule has 1 heterocycles. The number of benzene rings is 12. The van der Waals surface area contributed by atoms with Crippen LogP contribution in [0.2, 0.25) is 0 Å². The average Bonchev–Trinajstić information content (AvgIpc) is 2.48. The third kappa shape index (κ3) is 10.9. The van der Waals surface area contributed by atoms with Gasteiger partial charge in [0.25, 0.3) is 0 Å². The van der Waals surface area contributed by atoms with Crippen LogP contribution < -0.4 is 19.6 Å². The first-order valence-corrected chi connectivity index (χ1v) is 28.6. The van der Waals surface area contributed by atoms with Crippen LogP contribution in [0.25, 0.3) is 49.7 Å². The Labute approximate surface area is 492 Å². The number of aromatic nitrogens is 1. The Morgan fingerprint density at radius 3 is 1.10 bits per heavy atom.